The van der Waals surface area contributed by atoms with Crippen molar-refractivity contribution in [3.63, 3.8) is 0 Å². The first-order valence-electron chi connectivity index (χ1n) is 7.61. The Morgan fingerprint density at radius 1 is 1.38 bits per heavy atom. The summed E-state index contributed by atoms with van der Waals surface area (Å²) in [7, 11) is 0. The molecule has 1 unspecified atom stereocenters. The maximum Gasteiger partial charge on any atom is 0.0897 e. The molecule has 0 fully saturated rings. The average Bonchev–Trinajstić information content (AvgIpc) is 2.91. The van der Waals surface area contributed by atoms with E-state index in [1.54, 1.807) is 11.3 Å². The lowest BCUT2D eigenvalue weighted by molar-refractivity contribution is 0.130. The quantitative estimate of drug-likeness (QED) is 0.920. The summed E-state index contributed by atoms with van der Waals surface area (Å²) in [5.74, 6) is 0. The first-order valence-corrected chi connectivity index (χ1v) is 8.49. The number of aryl methyl sites for hydroxylation is 2. The minimum absolute atomic E-state index is 0.196. The van der Waals surface area contributed by atoms with Gasteiger partial charge in [-0.2, -0.15) is 0 Å². The van der Waals surface area contributed by atoms with Gasteiger partial charge < -0.3 is 5.11 Å². The number of aromatic nitrogens is 1. The van der Waals surface area contributed by atoms with Gasteiger partial charge in [-0.3, -0.25) is 4.90 Å². The Morgan fingerprint density at radius 3 is 3.00 bits per heavy atom. The number of aliphatic hydroxyl groups excluding tert-OH is 1. The van der Waals surface area contributed by atoms with Gasteiger partial charge in [-0.1, -0.05) is 24.3 Å². The van der Waals surface area contributed by atoms with Crippen molar-refractivity contribution >= 4 is 11.3 Å². The Kier molecular flexibility index (Phi) is 4.68. The summed E-state index contributed by atoms with van der Waals surface area (Å²) in [5, 5.41) is 12.7. The Labute approximate surface area is 130 Å². The van der Waals surface area contributed by atoms with Crippen LogP contribution in [0.2, 0.25) is 0 Å². The summed E-state index contributed by atoms with van der Waals surface area (Å²) in [6, 6.07) is 9.15. The minimum atomic E-state index is 0.196. The number of benzene rings is 1. The molecular weight excluding hydrogens is 280 g/mol. The van der Waals surface area contributed by atoms with Crippen molar-refractivity contribution in [1.82, 2.24) is 9.88 Å². The Bertz CT molecular complexity index is 596. The van der Waals surface area contributed by atoms with Crippen LogP contribution in [-0.4, -0.2) is 28.1 Å². The highest BCUT2D eigenvalue weighted by Crippen LogP contribution is 2.34. The van der Waals surface area contributed by atoms with Gasteiger partial charge in [0.1, 0.15) is 0 Å². The van der Waals surface area contributed by atoms with Gasteiger partial charge in [-0.15, -0.1) is 11.3 Å². The van der Waals surface area contributed by atoms with E-state index in [0.29, 0.717) is 12.6 Å². The van der Waals surface area contributed by atoms with Crippen LogP contribution in [0.3, 0.4) is 0 Å². The van der Waals surface area contributed by atoms with Crippen molar-refractivity contribution in [2.45, 2.75) is 38.8 Å². The topological polar surface area (TPSA) is 36.4 Å². The number of thiazole rings is 1. The molecule has 0 aliphatic heterocycles. The summed E-state index contributed by atoms with van der Waals surface area (Å²) in [6.07, 6.45) is 3.56. The van der Waals surface area contributed by atoms with Crippen LogP contribution in [0, 0.1) is 6.92 Å². The number of fused-ring (bicyclic) bond motifs is 1. The van der Waals surface area contributed by atoms with Crippen molar-refractivity contribution in [1.29, 1.82) is 0 Å². The summed E-state index contributed by atoms with van der Waals surface area (Å²) in [6.45, 7) is 3.77. The molecule has 0 radical (unpaired) electrons. The Balaban J connectivity index is 1.84. The number of hydrogen-bond acceptors (Lipinski definition) is 4. The number of aliphatic hydroxyl groups is 1. The van der Waals surface area contributed by atoms with Gasteiger partial charge in [0.25, 0.3) is 0 Å². The van der Waals surface area contributed by atoms with Crippen molar-refractivity contribution in [2.75, 3.05) is 13.2 Å². The summed E-state index contributed by atoms with van der Waals surface area (Å²) >= 11 is 1.70. The van der Waals surface area contributed by atoms with Gasteiger partial charge in [0, 0.05) is 24.5 Å². The molecule has 1 aromatic carbocycles. The molecule has 1 aliphatic rings. The molecule has 0 spiro atoms. The monoisotopic (exact) mass is 302 g/mol. The second kappa shape index (κ2) is 6.69. The van der Waals surface area contributed by atoms with Crippen LogP contribution >= 0.6 is 11.3 Å². The van der Waals surface area contributed by atoms with Crippen molar-refractivity contribution in [3.05, 3.63) is 51.5 Å². The minimum Gasteiger partial charge on any atom is -0.395 e. The molecule has 2 aromatic rings. The number of nitrogens with zero attached hydrogens (tertiary/aromatic N) is 2. The third-order valence-electron chi connectivity index (χ3n) is 4.20. The fraction of sp³-hybridized carbons (Fsp3) is 0.471. The lowest BCUT2D eigenvalue weighted by Crippen LogP contribution is -2.33. The van der Waals surface area contributed by atoms with E-state index in [2.05, 4.69) is 39.5 Å². The van der Waals surface area contributed by atoms with Gasteiger partial charge in [-0.25, -0.2) is 4.98 Å². The smallest absolute Gasteiger partial charge is 0.0897 e. The third kappa shape index (κ3) is 3.34. The lowest BCUT2D eigenvalue weighted by Gasteiger charge is -2.35. The third-order valence-corrected chi connectivity index (χ3v) is 5.02. The molecule has 112 valence electrons. The molecule has 0 saturated heterocycles. The van der Waals surface area contributed by atoms with E-state index in [1.165, 1.54) is 30.4 Å². The van der Waals surface area contributed by atoms with Crippen LogP contribution in [0.15, 0.2) is 29.6 Å². The standard InChI is InChI=1S/C17H22N2OS/c1-13-18-15(12-21-13)11-19(9-10-20)17-8-4-6-14-5-2-3-7-16(14)17/h2-3,5,7,12,17,20H,4,6,8-11H2,1H3. The molecule has 0 amide bonds. The van der Waals surface area contributed by atoms with Crippen molar-refractivity contribution in [3.8, 4) is 0 Å². The van der Waals surface area contributed by atoms with Crippen molar-refractivity contribution < 1.29 is 5.11 Å². The molecule has 1 aliphatic carbocycles. The average molecular weight is 302 g/mol. The number of rotatable bonds is 5. The predicted octanol–water partition coefficient (Wildman–Crippen LogP) is 3.32. The van der Waals surface area contributed by atoms with Gasteiger partial charge in [0.2, 0.25) is 0 Å². The van der Waals surface area contributed by atoms with Gasteiger partial charge in [0.15, 0.2) is 0 Å². The SMILES string of the molecule is Cc1nc(CN(CCO)C2CCCc3ccccc32)cs1. The molecule has 1 atom stereocenters. The van der Waals surface area contributed by atoms with E-state index >= 15 is 0 Å². The van der Waals surface area contributed by atoms with Crippen LogP contribution in [0.5, 0.6) is 0 Å². The summed E-state index contributed by atoms with van der Waals surface area (Å²) in [5.41, 5.74) is 4.02. The normalized spacial score (nSPS) is 18.0. The maximum atomic E-state index is 9.44. The van der Waals surface area contributed by atoms with Crippen LogP contribution in [0.4, 0.5) is 0 Å². The zero-order chi connectivity index (χ0) is 14.7. The maximum absolute atomic E-state index is 9.44. The molecular formula is C17H22N2OS. The second-order valence-electron chi connectivity index (χ2n) is 5.66. The van der Waals surface area contributed by atoms with E-state index in [0.717, 1.165) is 17.2 Å². The first kappa shape index (κ1) is 14.7. The molecule has 0 bridgehead atoms. The Morgan fingerprint density at radius 2 is 2.24 bits per heavy atom. The highest BCUT2D eigenvalue weighted by atomic mass is 32.1. The molecule has 1 heterocycles. The summed E-state index contributed by atoms with van der Waals surface area (Å²) < 4.78 is 0. The van der Waals surface area contributed by atoms with E-state index in [-0.39, 0.29) is 6.61 Å². The van der Waals surface area contributed by atoms with Crippen LogP contribution < -0.4 is 0 Å². The van der Waals surface area contributed by atoms with Crippen LogP contribution in [-0.2, 0) is 13.0 Å². The van der Waals surface area contributed by atoms with Crippen LogP contribution in [0.25, 0.3) is 0 Å². The van der Waals surface area contributed by atoms with Crippen molar-refractivity contribution in [2.24, 2.45) is 0 Å². The van der Waals surface area contributed by atoms with E-state index in [1.807, 2.05) is 6.92 Å². The highest BCUT2D eigenvalue weighted by molar-refractivity contribution is 7.09. The predicted molar refractivity (Wildman–Crippen MR) is 86.5 cm³/mol. The molecule has 1 N–H and O–H groups in total. The molecule has 3 rings (SSSR count). The number of hydrogen-bond donors (Lipinski definition) is 1. The zero-order valence-corrected chi connectivity index (χ0v) is 13.3. The molecule has 3 nitrogen and oxygen atoms in total. The van der Waals surface area contributed by atoms with E-state index in [4.69, 9.17) is 0 Å². The summed E-state index contributed by atoms with van der Waals surface area (Å²) in [4.78, 5) is 6.96. The van der Waals surface area contributed by atoms with Gasteiger partial charge >= 0.3 is 0 Å². The van der Waals surface area contributed by atoms with Crippen LogP contribution in [0.1, 0.15) is 40.7 Å². The Hall–Kier alpha value is -1.23. The van der Waals surface area contributed by atoms with Gasteiger partial charge in [0.05, 0.1) is 17.3 Å². The van der Waals surface area contributed by atoms with E-state index < -0.39 is 0 Å². The lowest BCUT2D eigenvalue weighted by atomic mass is 9.86. The largest absolute Gasteiger partial charge is 0.395 e. The molecule has 1 aromatic heterocycles. The fourth-order valence-corrected chi connectivity index (χ4v) is 3.87. The molecule has 0 saturated carbocycles. The highest BCUT2D eigenvalue weighted by Gasteiger charge is 2.25. The molecule has 4 heteroatoms. The van der Waals surface area contributed by atoms with Gasteiger partial charge in [-0.05, 0) is 37.3 Å². The second-order valence-corrected chi connectivity index (χ2v) is 6.72. The zero-order valence-electron chi connectivity index (χ0n) is 12.5. The van der Waals surface area contributed by atoms with E-state index in [9.17, 15) is 5.11 Å². The molecule has 21 heavy (non-hydrogen) atoms. The fourth-order valence-electron chi connectivity index (χ4n) is 3.27. The first-order chi connectivity index (χ1) is 10.3.